The van der Waals surface area contributed by atoms with Crippen molar-refractivity contribution in [2.75, 3.05) is 6.61 Å². The Morgan fingerprint density at radius 1 is 0.600 bits per heavy atom. The van der Waals surface area contributed by atoms with E-state index in [-0.39, 0.29) is 12.8 Å². The lowest BCUT2D eigenvalue weighted by Gasteiger charge is -2.43. The number of unbranched alkanes of at least 4 members (excludes halogenated alkanes) is 5. The third kappa shape index (κ3) is 6.60. The zero-order valence-electron chi connectivity index (χ0n) is 21.6. The molecule has 0 N–H and O–H groups in total. The van der Waals surface area contributed by atoms with Gasteiger partial charge in [-0.05, 0) is 55.7 Å². The maximum absolute atomic E-state index is 14.5. The summed E-state index contributed by atoms with van der Waals surface area (Å²) >= 11 is 0. The van der Waals surface area contributed by atoms with Crippen LogP contribution < -0.4 is 4.74 Å². The molecule has 0 aliphatic heterocycles. The van der Waals surface area contributed by atoms with E-state index in [0.717, 1.165) is 38.5 Å². The fourth-order valence-electron chi connectivity index (χ4n) is 4.74. The van der Waals surface area contributed by atoms with E-state index in [1.165, 1.54) is 0 Å². The number of hydrogen-bond donors (Lipinski definition) is 0. The van der Waals surface area contributed by atoms with Crippen molar-refractivity contribution in [1.29, 1.82) is 0 Å². The Balaban J connectivity index is 2.02. The number of ether oxygens (including phenoxy) is 1. The van der Waals surface area contributed by atoms with Gasteiger partial charge in [-0.1, -0.05) is 51.2 Å². The maximum Gasteiger partial charge on any atom is 0.460 e. The van der Waals surface area contributed by atoms with Crippen LogP contribution in [0.3, 0.4) is 0 Å². The Bertz CT molecular complexity index is 918. The molecule has 0 spiro atoms. The highest BCUT2D eigenvalue weighted by Gasteiger charge is 2.91. The summed E-state index contributed by atoms with van der Waals surface area (Å²) in [6.45, 7) is 2.58. The lowest BCUT2D eigenvalue weighted by atomic mass is 9.74. The van der Waals surface area contributed by atoms with Gasteiger partial charge in [0.05, 0.1) is 6.61 Å². The molecular weight excluding hydrogens is 575 g/mol. The molecule has 14 heteroatoms. The Morgan fingerprint density at radius 2 is 1.07 bits per heavy atom. The van der Waals surface area contributed by atoms with E-state index >= 15 is 0 Å². The highest BCUT2D eigenvalue weighted by Crippen LogP contribution is 2.62. The highest BCUT2D eigenvalue weighted by molar-refractivity contribution is 5.30. The first-order valence-corrected chi connectivity index (χ1v) is 12.9. The average Bonchev–Trinajstić information content (AvgIpc) is 2.87. The first-order valence-electron chi connectivity index (χ1n) is 12.9. The lowest BCUT2D eigenvalue weighted by Crippen LogP contribution is -2.71. The quantitative estimate of drug-likeness (QED) is 0.151. The van der Waals surface area contributed by atoms with Crippen LogP contribution in [0.15, 0.2) is 24.3 Å². The Labute approximate surface area is 223 Å². The number of halogens is 13. The largest absolute Gasteiger partial charge is 0.494 e. The molecule has 0 heterocycles. The standard InChI is InChI=1S/C26H31F13O/c1-2-3-4-5-6-7-16-40-20-14-10-18(11-15-20)17-8-12-19(13-9-17)21(27,28)22(29,30)23(31,32)24(33,34)25(35,36)26(37,38)39/h10-11,14-15,17,19H,2-9,12-13,16H2,1H3/t17-,19-. The summed E-state index contributed by atoms with van der Waals surface area (Å²) in [5.74, 6) is -39.2. The van der Waals surface area contributed by atoms with Crippen LogP contribution in [0, 0.1) is 5.92 Å². The minimum absolute atomic E-state index is 0.269. The first-order chi connectivity index (χ1) is 18.3. The lowest BCUT2D eigenvalue weighted by molar-refractivity contribution is -0.443. The fourth-order valence-corrected chi connectivity index (χ4v) is 4.74. The SMILES string of the molecule is CCCCCCCCOc1ccc([C@H]2CC[C@H](C(F)(F)C(F)(F)C(F)(F)C(F)(F)C(F)(F)C(F)(F)F)CC2)cc1. The Hall–Kier alpha value is -1.89. The third-order valence-electron chi connectivity index (χ3n) is 7.32. The normalized spacial score (nSPS) is 20.1. The molecule has 232 valence electrons. The monoisotopic (exact) mass is 606 g/mol. The van der Waals surface area contributed by atoms with Crippen molar-refractivity contribution in [3.63, 3.8) is 0 Å². The molecule has 1 nitrogen and oxygen atoms in total. The molecule has 2 rings (SSSR count). The van der Waals surface area contributed by atoms with Gasteiger partial charge in [0.2, 0.25) is 0 Å². The second kappa shape index (κ2) is 12.5. The van der Waals surface area contributed by atoms with Crippen LogP contribution in [-0.2, 0) is 0 Å². The van der Waals surface area contributed by atoms with Crippen LogP contribution in [0.25, 0.3) is 0 Å². The predicted octanol–water partition coefficient (Wildman–Crippen LogP) is 10.4. The average molecular weight is 607 g/mol. The molecule has 0 radical (unpaired) electrons. The van der Waals surface area contributed by atoms with Gasteiger partial charge in [-0.15, -0.1) is 0 Å². The number of benzene rings is 1. The molecule has 0 unspecified atom stereocenters. The van der Waals surface area contributed by atoms with Crippen LogP contribution in [0.4, 0.5) is 57.1 Å². The molecular formula is C26H31F13O. The first kappa shape index (κ1) is 34.3. The van der Waals surface area contributed by atoms with Crippen LogP contribution in [0.2, 0.25) is 0 Å². The van der Waals surface area contributed by atoms with Gasteiger partial charge in [0.1, 0.15) is 5.75 Å². The molecule has 0 atom stereocenters. The zero-order chi connectivity index (χ0) is 30.6. The molecule has 1 aromatic carbocycles. The van der Waals surface area contributed by atoms with Gasteiger partial charge in [-0.3, -0.25) is 0 Å². The van der Waals surface area contributed by atoms with E-state index in [9.17, 15) is 57.1 Å². The Kier molecular flexibility index (Phi) is 10.8. The molecule has 1 saturated carbocycles. The van der Waals surface area contributed by atoms with Crippen molar-refractivity contribution in [2.24, 2.45) is 5.92 Å². The summed E-state index contributed by atoms with van der Waals surface area (Å²) in [7, 11) is 0. The smallest absolute Gasteiger partial charge is 0.460 e. The third-order valence-corrected chi connectivity index (χ3v) is 7.32. The van der Waals surface area contributed by atoms with Gasteiger partial charge in [-0.25, -0.2) is 0 Å². The molecule has 0 amide bonds. The summed E-state index contributed by atoms with van der Waals surface area (Å²) in [5, 5.41) is 0. The Morgan fingerprint density at radius 3 is 1.57 bits per heavy atom. The van der Waals surface area contributed by atoms with Gasteiger partial charge < -0.3 is 4.74 Å². The van der Waals surface area contributed by atoms with E-state index in [0.29, 0.717) is 17.9 Å². The van der Waals surface area contributed by atoms with Gasteiger partial charge in [0.25, 0.3) is 0 Å². The molecule has 1 aromatic rings. The second-order valence-corrected chi connectivity index (χ2v) is 10.2. The van der Waals surface area contributed by atoms with Gasteiger partial charge >= 0.3 is 35.8 Å². The van der Waals surface area contributed by atoms with Gasteiger partial charge in [0, 0.05) is 5.92 Å². The number of alkyl halides is 13. The van der Waals surface area contributed by atoms with Crippen molar-refractivity contribution in [3.05, 3.63) is 29.8 Å². The van der Waals surface area contributed by atoms with Crippen molar-refractivity contribution in [1.82, 2.24) is 0 Å². The minimum atomic E-state index is -7.86. The predicted molar refractivity (Wildman–Crippen MR) is 121 cm³/mol. The maximum atomic E-state index is 14.5. The molecule has 1 fully saturated rings. The van der Waals surface area contributed by atoms with E-state index < -0.39 is 60.5 Å². The van der Waals surface area contributed by atoms with Crippen LogP contribution in [0.5, 0.6) is 5.75 Å². The van der Waals surface area contributed by atoms with Crippen LogP contribution in [-0.4, -0.2) is 42.4 Å². The summed E-state index contributed by atoms with van der Waals surface area (Å²) < 4.78 is 180. The van der Waals surface area contributed by atoms with E-state index in [2.05, 4.69) is 6.92 Å². The van der Waals surface area contributed by atoms with Crippen molar-refractivity contribution in [3.8, 4) is 5.75 Å². The van der Waals surface area contributed by atoms with E-state index in [1.807, 2.05) is 0 Å². The molecule has 40 heavy (non-hydrogen) atoms. The van der Waals surface area contributed by atoms with E-state index in [4.69, 9.17) is 4.74 Å². The zero-order valence-corrected chi connectivity index (χ0v) is 21.6. The molecule has 0 bridgehead atoms. The van der Waals surface area contributed by atoms with Gasteiger partial charge in [-0.2, -0.15) is 57.1 Å². The fraction of sp³-hybridized carbons (Fsp3) is 0.769. The van der Waals surface area contributed by atoms with Crippen molar-refractivity contribution >= 4 is 0 Å². The highest BCUT2D eigenvalue weighted by atomic mass is 19.4. The van der Waals surface area contributed by atoms with Crippen molar-refractivity contribution < 1.29 is 61.8 Å². The summed E-state index contributed by atoms with van der Waals surface area (Å²) in [5.41, 5.74) is 0.585. The second-order valence-electron chi connectivity index (χ2n) is 10.2. The molecule has 0 aromatic heterocycles. The molecule has 1 aliphatic rings. The topological polar surface area (TPSA) is 9.23 Å². The summed E-state index contributed by atoms with van der Waals surface area (Å²) in [6.07, 6.45) is -3.37. The number of hydrogen-bond acceptors (Lipinski definition) is 1. The van der Waals surface area contributed by atoms with Gasteiger partial charge in [0.15, 0.2) is 0 Å². The number of rotatable bonds is 14. The van der Waals surface area contributed by atoms with Crippen LogP contribution >= 0.6 is 0 Å². The van der Waals surface area contributed by atoms with Crippen LogP contribution in [0.1, 0.15) is 82.6 Å². The summed E-state index contributed by atoms with van der Waals surface area (Å²) in [6, 6.07) is 6.40. The molecule has 1 aliphatic carbocycles. The van der Waals surface area contributed by atoms with E-state index in [1.54, 1.807) is 24.3 Å². The molecule has 0 saturated heterocycles. The minimum Gasteiger partial charge on any atom is -0.494 e. The summed E-state index contributed by atoms with van der Waals surface area (Å²) in [4.78, 5) is 0. The van der Waals surface area contributed by atoms with Crippen molar-refractivity contribution in [2.45, 2.75) is 113 Å².